The van der Waals surface area contributed by atoms with E-state index in [9.17, 15) is 8.42 Å². The summed E-state index contributed by atoms with van der Waals surface area (Å²) in [6, 6.07) is 0. The number of imidazole rings is 1. The second kappa shape index (κ2) is 5.53. The quantitative estimate of drug-likeness (QED) is 0.782. The maximum Gasteiger partial charge on any atom is 0.280 e. The molecule has 2 rings (SSSR count). The molecule has 0 saturated heterocycles. The molecular formula is C11H15ClN4O3S. The third kappa shape index (κ3) is 3.18. The van der Waals surface area contributed by atoms with E-state index >= 15 is 0 Å². The predicted octanol–water partition coefficient (Wildman–Crippen LogP) is 1.93. The van der Waals surface area contributed by atoms with Gasteiger partial charge in [0.2, 0.25) is 5.89 Å². The van der Waals surface area contributed by atoms with Crippen LogP contribution in [0.5, 0.6) is 0 Å². The van der Waals surface area contributed by atoms with Crippen molar-refractivity contribution in [2.45, 2.75) is 44.7 Å². The number of aromatic nitrogens is 4. The van der Waals surface area contributed by atoms with Crippen molar-refractivity contribution in [2.24, 2.45) is 0 Å². The summed E-state index contributed by atoms with van der Waals surface area (Å²) in [4.78, 5) is 8.25. The molecule has 2 heterocycles. The Morgan fingerprint density at radius 1 is 1.40 bits per heavy atom. The summed E-state index contributed by atoms with van der Waals surface area (Å²) in [6.45, 7) is 6.02. The first kappa shape index (κ1) is 15.0. The highest BCUT2D eigenvalue weighted by Gasteiger charge is 2.20. The van der Waals surface area contributed by atoms with Crippen LogP contribution in [-0.4, -0.2) is 28.1 Å². The molecule has 0 aliphatic rings. The average molecular weight is 319 g/mol. The Hall–Kier alpha value is -1.41. The van der Waals surface area contributed by atoms with Crippen molar-refractivity contribution in [3.63, 3.8) is 0 Å². The molecule has 9 heteroatoms. The Morgan fingerprint density at radius 3 is 2.60 bits per heavy atom. The lowest BCUT2D eigenvalue weighted by Crippen LogP contribution is -2.07. The van der Waals surface area contributed by atoms with Gasteiger partial charge in [0.1, 0.15) is 5.82 Å². The molecule has 2 aromatic rings. The van der Waals surface area contributed by atoms with E-state index in [1.807, 2.05) is 20.8 Å². The molecule has 0 saturated carbocycles. The summed E-state index contributed by atoms with van der Waals surface area (Å²) in [7, 11) is 1.47. The monoisotopic (exact) mass is 318 g/mol. The van der Waals surface area contributed by atoms with Crippen LogP contribution in [0.3, 0.4) is 0 Å². The summed E-state index contributed by atoms with van der Waals surface area (Å²) < 4.78 is 29.4. The first-order chi connectivity index (χ1) is 9.31. The number of aryl methyl sites for hydroxylation is 1. The molecule has 7 nitrogen and oxygen atoms in total. The lowest BCUT2D eigenvalue weighted by atomic mass is 10.2. The Morgan fingerprint density at radius 2 is 2.10 bits per heavy atom. The second-order valence-electron chi connectivity index (χ2n) is 4.62. The predicted molar refractivity (Wildman–Crippen MR) is 72.1 cm³/mol. The van der Waals surface area contributed by atoms with E-state index in [0.717, 1.165) is 0 Å². The molecule has 20 heavy (non-hydrogen) atoms. The molecule has 0 aromatic carbocycles. The molecule has 0 fully saturated rings. The summed E-state index contributed by atoms with van der Waals surface area (Å²) in [6.07, 6.45) is 2.04. The van der Waals surface area contributed by atoms with Crippen LogP contribution >= 0.6 is 10.7 Å². The van der Waals surface area contributed by atoms with Crippen LogP contribution in [0.15, 0.2) is 15.7 Å². The van der Waals surface area contributed by atoms with E-state index in [1.54, 1.807) is 4.57 Å². The minimum Gasteiger partial charge on any atom is -0.339 e. The van der Waals surface area contributed by atoms with E-state index in [0.29, 0.717) is 24.0 Å². The molecule has 0 amide bonds. The van der Waals surface area contributed by atoms with Crippen molar-refractivity contribution in [3.8, 4) is 0 Å². The Kier molecular flexibility index (Phi) is 4.14. The second-order valence-corrected chi connectivity index (χ2v) is 7.13. The normalized spacial score (nSPS) is 12.2. The van der Waals surface area contributed by atoms with Crippen molar-refractivity contribution in [1.82, 2.24) is 19.7 Å². The fourth-order valence-corrected chi connectivity index (χ4v) is 2.44. The van der Waals surface area contributed by atoms with E-state index in [4.69, 9.17) is 15.2 Å². The molecule has 0 bridgehead atoms. The van der Waals surface area contributed by atoms with E-state index in [-0.39, 0.29) is 17.5 Å². The van der Waals surface area contributed by atoms with Gasteiger partial charge in [-0.1, -0.05) is 25.9 Å². The third-order valence-electron chi connectivity index (χ3n) is 2.68. The van der Waals surface area contributed by atoms with E-state index in [1.165, 1.54) is 6.20 Å². The van der Waals surface area contributed by atoms with Crippen molar-refractivity contribution in [3.05, 3.63) is 23.7 Å². The SMILES string of the molecule is CCc1nc(Cn2cc(S(=O)(=O)Cl)nc2C(C)C)no1. The molecular weight excluding hydrogens is 304 g/mol. The highest BCUT2D eigenvalue weighted by molar-refractivity contribution is 8.13. The van der Waals surface area contributed by atoms with Gasteiger partial charge >= 0.3 is 0 Å². The van der Waals surface area contributed by atoms with Crippen molar-refractivity contribution in [2.75, 3.05) is 0 Å². The van der Waals surface area contributed by atoms with E-state index in [2.05, 4.69) is 15.1 Å². The first-order valence-electron chi connectivity index (χ1n) is 6.14. The van der Waals surface area contributed by atoms with Gasteiger partial charge in [-0.25, -0.2) is 13.4 Å². The van der Waals surface area contributed by atoms with Crippen molar-refractivity contribution in [1.29, 1.82) is 0 Å². The van der Waals surface area contributed by atoms with Crippen LogP contribution < -0.4 is 0 Å². The maximum absolute atomic E-state index is 11.4. The highest BCUT2D eigenvalue weighted by atomic mass is 35.7. The van der Waals surface area contributed by atoms with Gasteiger partial charge in [-0.3, -0.25) is 0 Å². The maximum atomic E-state index is 11.4. The summed E-state index contributed by atoms with van der Waals surface area (Å²) >= 11 is 0. The Labute approximate surface area is 121 Å². The molecule has 0 aliphatic carbocycles. The van der Waals surface area contributed by atoms with Crippen LogP contribution in [-0.2, 0) is 22.0 Å². The van der Waals surface area contributed by atoms with Crippen molar-refractivity contribution < 1.29 is 12.9 Å². The first-order valence-corrected chi connectivity index (χ1v) is 8.45. The lowest BCUT2D eigenvalue weighted by Gasteiger charge is -2.07. The lowest BCUT2D eigenvalue weighted by molar-refractivity contribution is 0.375. The van der Waals surface area contributed by atoms with Gasteiger partial charge in [0, 0.05) is 29.2 Å². The van der Waals surface area contributed by atoms with Gasteiger partial charge in [0.25, 0.3) is 9.05 Å². The number of hydrogen-bond donors (Lipinski definition) is 0. The molecule has 0 N–H and O–H groups in total. The number of hydrogen-bond acceptors (Lipinski definition) is 6. The highest BCUT2D eigenvalue weighted by Crippen LogP contribution is 2.20. The number of halogens is 1. The van der Waals surface area contributed by atoms with Gasteiger partial charge in [-0.15, -0.1) is 0 Å². The topological polar surface area (TPSA) is 90.9 Å². The molecule has 0 aliphatic heterocycles. The largest absolute Gasteiger partial charge is 0.339 e. The zero-order valence-corrected chi connectivity index (χ0v) is 12.9. The minimum atomic E-state index is -3.85. The van der Waals surface area contributed by atoms with Crippen LogP contribution in [0, 0.1) is 0 Å². The average Bonchev–Trinajstić information content (AvgIpc) is 2.95. The minimum absolute atomic E-state index is 0.0414. The van der Waals surface area contributed by atoms with Gasteiger partial charge in [-0.2, -0.15) is 4.98 Å². The molecule has 0 unspecified atom stereocenters. The molecule has 0 atom stereocenters. The fourth-order valence-electron chi connectivity index (χ4n) is 1.76. The molecule has 0 spiro atoms. The van der Waals surface area contributed by atoms with Gasteiger partial charge in [-0.05, 0) is 0 Å². The third-order valence-corrected chi connectivity index (χ3v) is 3.85. The summed E-state index contributed by atoms with van der Waals surface area (Å²) in [5.74, 6) is 1.66. The zero-order valence-electron chi connectivity index (χ0n) is 11.4. The van der Waals surface area contributed by atoms with Crippen LogP contribution in [0.2, 0.25) is 0 Å². The summed E-state index contributed by atoms with van der Waals surface area (Å²) in [5, 5.41) is 3.67. The smallest absolute Gasteiger partial charge is 0.280 e. The molecule has 0 radical (unpaired) electrons. The number of rotatable bonds is 5. The number of nitrogens with zero attached hydrogens (tertiary/aromatic N) is 4. The fraction of sp³-hybridized carbons (Fsp3) is 0.545. The molecule has 2 aromatic heterocycles. The van der Waals surface area contributed by atoms with Gasteiger partial charge in [0.15, 0.2) is 10.9 Å². The standard InChI is InChI=1S/C11H15ClN4O3S/c1-4-9-13-8(15-19-9)5-16-6-10(20(12,17)18)14-11(16)7(2)3/h6-7H,4-5H2,1-3H3. The van der Waals surface area contributed by atoms with Crippen LogP contribution in [0.4, 0.5) is 0 Å². The molecule has 110 valence electrons. The van der Waals surface area contributed by atoms with Crippen LogP contribution in [0.1, 0.15) is 44.2 Å². The van der Waals surface area contributed by atoms with Gasteiger partial charge in [0.05, 0.1) is 6.54 Å². The Balaban J connectivity index is 2.37. The van der Waals surface area contributed by atoms with Gasteiger partial charge < -0.3 is 9.09 Å². The summed E-state index contributed by atoms with van der Waals surface area (Å²) in [5.41, 5.74) is 0. The van der Waals surface area contributed by atoms with E-state index < -0.39 is 9.05 Å². The van der Waals surface area contributed by atoms with Crippen LogP contribution in [0.25, 0.3) is 0 Å². The zero-order chi connectivity index (χ0) is 14.9. The Bertz CT molecular complexity index is 705. The van der Waals surface area contributed by atoms with Crippen molar-refractivity contribution >= 4 is 19.7 Å².